The molecule has 0 unspecified atom stereocenters. The number of fused-ring (bicyclic) bond motifs is 1. The Morgan fingerprint density at radius 1 is 1.00 bits per heavy atom. The molecule has 1 heterocycles. The summed E-state index contributed by atoms with van der Waals surface area (Å²) >= 11 is 0. The maximum Gasteiger partial charge on any atom is 0.337 e. The number of nitrogens with one attached hydrogen (secondary N) is 2. The van der Waals surface area contributed by atoms with Gasteiger partial charge in [0.15, 0.2) is 5.88 Å². The highest BCUT2D eigenvalue weighted by atomic mass is 16.5. The highest BCUT2D eigenvalue weighted by Crippen LogP contribution is 2.32. The summed E-state index contributed by atoms with van der Waals surface area (Å²) < 4.78 is 4.79. The molecule has 0 radical (unpaired) electrons. The molecule has 1 aromatic heterocycles. The summed E-state index contributed by atoms with van der Waals surface area (Å²) in [5, 5.41) is 14.3. The van der Waals surface area contributed by atoms with Crippen LogP contribution in [0.2, 0.25) is 0 Å². The molecule has 0 atom stereocenters. The summed E-state index contributed by atoms with van der Waals surface area (Å²) in [6.07, 6.45) is 0.398. The van der Waals surface area contributed by atoms with Crippen LogP contribution in [0.25, 0.3) is 10.9 Å². The number of aliphatic imine (C=N–C) groups is 1. The van der Waals surface area contributed by atoms with Gasteiger partial charge in [-0.2, -0.15) is 0 Å². The van der Waals surface area contributed by atoms with Crippen molar-refractivity contribution in [3.63, 3.8) is 0 Å². The lowest BCUT2D eigenvalue weighted by molar-refractivity contribution is -0.115. The van der Waals surface area contributed by atoms with Crippen LogP contribution in [-0.2, 0) is 9.53 Å². The van der Waals surface area contributed by atoms with E-state index in [1.807, 2.05) is 30.3 Å². The van der Waals surface area contributed by atoms with E-state index in [2.05, 4.69) is 10.3 Å². The molecular formula is C26H23N3O4. The number of aromatic nitrogens is 1. The van der Waals surface area contributed by atoms with Crippen LogP contribution in [0, 0.1) is 0 Å². The first-order valence-corrected chi connectivity index (χ1v) is 10.5. The standard InChI is InChI=1S/C26H23N3O4/c1-3-22(30)27-18-10-12-19(13-11-18)28-24(16-7-5-4-6-8-16)23-20-14-9-17(26(32)33-2)15-21(20)29-25(23)31/h4-15,29,31H,3H2,1-2H3,(H,27,30). The summed E-state index contributed by atoms with van der Waals surface area (Å²) in [5.74, 6) is -0.576. The molecule has 166 valence electrons. The largest absolute Gasteiger partial charge is 0.494 e. The minimum Gasteiger partial charge on any atom is -0.494 e. The fourth-order valence-corrected chi connectivity index (χ4v) is 3.53. The summed E-state index contributed by atoms with van der Waals surface area (Å²) in [4.78, 5) is 31.3. The molecule has 0 aliphatic carbocycles. The van der Waals surface area contributed by atoms with Gasteiger partial charge in [-0.05, 0) is 36.4 Å². The molecule has 3 N–H and O–H groups in total. The van der Waals surface area contributed by atoms with Crippen molar-refractivity contribution in [1.29, 1.82) is 0 Å². The van der Waals surface area contributed by atoms with E-state index in [9.17, 15) is 14.7 Å². The second kappa shape index (κ2) is 9.40. The van der Waals surface area contributed by atoms with E-state index >= 15 is 0 Å². The zero-order valence-electron chi connectivity index (χ0n) is 18.3. The van der Waals surface area contributed by atoms with Gasteiger partial charge in [0, 0.05) is 28.6 Å². The Morgan fingerprint density at radius 2 is 1.73 bits per heavy atom. The lowest BCUT2D eigenvalue weighted by atomic mass is 10.00. The molecule has 33 heavy (non-hydrogen) atoms. The number of aromatic hydroxyl groups is 1. The number of amides is 1. The fraction of sp³-hybridized carbons (Fsp3) is 0.115. The van der Waals surface area contributed by atoms with Crippen LogP contribution in [0.4, 0.5) is 11.4 Å². The van der Waals surface area contributed by atoms with Crippen LogP contribution >= 0.6 is 0 Å². The predicted octanol–water partition coefficient (Wildman–Crippen LogP) is 5.18. The molecule has 3 aromatic carbocycles. The number of aromatic amines is 1. The third-order valence-corrected chi connectivity index (χ3v) is 5.20. The van der Waals surface area contributed by atoms with Crippen LogP contribution in [-0.4, -0.2) is 34.8 Å². The number of hydrogen-bond acceptors (Lipinski definition) is 5. The number of ether oxygens (including phenoxy) is 1. The molecule has 4 aromatic rings. The van der Waals surface area contributed by atoms with E-state index < -0.39 is 5.97 Å². The Morgan fingerprint density at radius 3 is 2.39 bits per heavy atom. The molecule has 0 bridgehead atoms. The normalized spacial score (nSPS) is 11.4. The Labute approximate surface area is 190 Å². The van der Waals surface area contributed by atoms with Crippen LogP contribution in [0.15, 0.2) is 77.8 Å². The van der Waals surface area contributed by atoms with E-state index in [-0.39, 0.29) is 11.8 Å². The third kappa shape index (κ3) is 4.62. The molecule has 0 aliphatic rings. The van der Waals surface area contributed by atoms with Crippen molar-refractivity contribution in [3.8, 4) is 5.88 Å². The lowest BCUT2D eigenvalue weighted by Crippen LogP contribution is -2.08. The average Bonchev–Trinajstić information content (AvgIpc) is 3.18. The number of nitrogens with zero attached hydrogens (tertiary/aromatic N) is 1. The number of carbonyl (C=O) groups is 2. The summed E-state index contributed by atoms with van der Waals surface area (Å²) in [5.41, 5.74) is 4.21. The minimum atomic E-state index is -0.459. The van der Waals surface area contributed by atoms with Gasteiger partial charge >= 0.3 is 5.97 Å². The predicted molar refractivity (Wildman–Crippen MR) is 128 cm³/mol. The molecule has 0 saturated carbocycles. The quantitative estimate of drug-likeness (QED) is 0.283. The number of carbonyl (C=O) groups excluding carboxylic acids is 2. The van der Waals surface area contributed by atoms with E-state index in [0.29, 0.717) is 40.2 Å². The summed E-state index contributed by atoms with van der Waals surface area (Å²) in [6.45, 7) is 1.79. The lowest BCUT2D eigenvalue weighted by Gasteiger charge is -2.09. The average molecular weight is 441 g/mol. The molecule has 4 rings (SSSR count). The molecule has 7 nitrogen and oxygen atoms in total. The summed E-state index contributed by atoms with van der Waals surface area (Å²) in [6, 6.07) is 21.7. The summed E-state index contributed by atoms with van der Waals surface area (Å²) in [7, 11) is 1.32. The molecule has 0 fully saturated rings. The first-order chi connectivity index (χ1) is 16.0. The van der Waals surface area contributed by atoms with Gasteiger partial charge in [0.2, 0.25) is 5.91 Å². The molecule has 1 amide bonds. The third-order valence-electron chi connectivity index (χ3n) is 5.20. The fourth-order valence-electron chi connectivity index (χ4n) is 3.53. The van der Waals surface area contributed by atoms with Gasteiger partial charge in [0.1, 0.15) is 0 Å². The number of anilines is 1. The molecule has 0 saturated heterocycles. The van der Waals surface area contributed by atoms with Gasteiger partial charge in [-0.25, -0.2) is 9.79 Å². The number of rotatable bonds is 6. The van der Waals surface area contributed by atoms with Gasteiger partial charge in [-0.1, -0.05) is 43.3 Å². The Kier molecular flexibility index (Phi) is 6.22. The highest BCUT2D eigenvalue weighted by Gasteiger charge is 2.20. The van der Waals surface area contributed by atoms with E-state index in [4.69, 9.17) is 9.73 Å². The molecule has 7 heteroatoms. The van der Waals surface area contributed by atoms with Crippen molar-refractivity contribution >= 4 is 39.9 Å². The second-order valence-corrected chi connectivity index (χ2v) is 7.38. The van der Waals surface area contributed by atoms with E-state index in [1.54, 1.807) is 49.4 Å². The number of esters is 1. The van der Waals surface area contributed by atoms with Gasteiger partial charge in [-0.3, -0.25) is 4.79 Å². The van der Waals surface area contributed by atoms with Gasteiger partial charge in [0.05, 0.1) is 29.6 Å². The zero-order valence-corrected chi connectivity index (χ0v) is 18.3. The van der Waals surface area contributed by atoms with Crippen molar-refractivity contribution in [3.05, 3.63) is 89.5 Å². The topological polar surface area (TPSA) is 104 Å². The van der Waals surface area contributed by atoms with Gasteiger partial charge in [0.25, 0.3) is 0 Å². The van der Waals surface area contributed by atoms with Crippen LogP contribution in [0.5, 0.6) is 5.88 Å². The monoisotopic (exact) mass is 441 g/mol. The number of methoxy groups -OCH3 is 1. The zero-order chi connectivity index (χ0) is 23.4. The first kappa shape index (κ1) is 21.8. The van der Waals surface area contributed by atoms with Crippen LogP contribution in [0.1, 0.15) is 34.8 Å². The maximum absolute atomic E-state index is 11.9. The van der Waals surface area contributed by atoms with E-state index in [0.717, 1.165) is 10.9 Å². The van der Waals surface area contributed by atoms with Crippen molar-refractivity contribution in [2.24, 2.45) is 4.99 Å². The molecule has 0 spiro atoms. The van der Waals surface area contributed by atoms with E-state index in [1.165, 1.54) is 7.11 Å². The van der Waals surface area contributed by atoms with Crippen molar-refractivity contribution < 1.29 is 19.4 Å². The number of benzene rings is 3. The molecular weight excluding hydrogens is 418 g/mol. The second-order valence-electron chi connectivity index (χ2n) is 7.38. The smallest absolute Gasteiger partial charge is 0.337 e. The van der Waals surface area contributed by atoms with Gasteiger partial charge in [-0.15, -0.1) is 0 Å². The molecule has 0 aliphatic heterocycles. The van der Waals surface area contributed by atoms with Crippen molar-refractivity contribution in [2.75, 3.05) is 12.4 Å². The Balaban J connectivity index is 1.82. The highest BCUT2D eigenvalue weighted by molar-refractivity contribution is 6.22. The maximum atomic E-state index is 11.9. The van der Waals surface area contributed by atoms with Gasteiger partial charge < -0.3 is 20.1 Å². The van der Waals surface area contributed by atoms with Crippen LogP contribution in [0.3, 0.4) is 0 Å². The van der Waals surface area contributed by atoms with Crippen LogP contribution < -0.4 is 5.32 Å². The number of hydrogen-bond donors (Lipinski definition) is 3. The first-order valence-electron chi connectivity index (χ1n) is 10.5. The van der Waals surface area contributed by atoms with Crippen molar-refractivity contribution in [2.45, 2.75) is 13.3 Å². The Hall–Kier alpha value is -4.39. The van der Waals surface area contributed by atoms with Crippen molar-refractivity contribution in [1.82, 2.24) is 4.98 Å². The number of H-pyrrole nitrogens is 1. The minimum absolute atomic E-state index is 0.0542. The Bertz CT molecular complexity index is 1340. The SMILES string of the molecule is CCC(=O)Nc1ccc(N=C(c2ccccc2)c2c(O)[nH]c3cc(C(=O)OC)ccc23)cc1.